The normalized spacial score (nSPS) is 20.8. The lowest BCUT2D eigenvalue weighted by molar-refractivity contribution is 0.657. The molecule has 0 bridgehead atoms. The maximum absolute atomic E-state index is 5.66. The zero-order valence-electron chi connectivity index (χ0n) is 7.83. The third-order valence-electron chi connectivity index (χ3n) is 2.68. The van der Waals surface area contributed by atoms with Gasteiger partial charge in [0.05, 0.1) is 0 Å². The molecular weight excluding hydrogens is 160 g/mol. The monoisotopic (exact) mass is 174 g/mol. The van der Waals surface area contributed by atoms with Crippen LogP contribution in [0.2, 0.25) is 0 Å². The van der Waals surface area contributed by atoms with E-state index in [1.807, 2.05) is 12.4 Å². The first-order valence-corrected chi connectivity index (χ1v) is 4.64. The molecule has 2 heteroatoms. The Kier molecular flexibility index (Phi) is 2.15. The SMILES string of the molecule is CC1Cc2ccncc2C=C1CN. The average Bonchev–Trinajstić information content (AvgIpc) is 2.17. The number of aromatic nitrogens is 1. The molecule has 0 spiro atoms. The summed E-state index contributed by atoms with van der Waals surface area (Å²) in [4.78, 5) is 4.11. The van der Waals surface area contributed by atoms with E-state index in [0.717, 1.165) is 6.42 Å². The van der Waals surface area contributed by atoms with Crippen LogP contribution in [-0.4, -0.2) is 11.5 Å². The first-order valence-electron chi connectivity index (χ1n) is 4.64. The summed E-state index contributed by atoms with van der Waals surface area (Å²) in [5.41, 5.74) is 9.62. The zero-order valence-corrected chi connectivity index (χ0v) is 7.83. The third kappa shape index (κ3) is 1.49. The van der Waals surface area contributed by atoms with Crippen molar-refractivity contribution in [2.24, 2.45) is 11.7 Å². The number of nitrogens with zero attached hydrogens (tertiary/aromatic N) is 1. The van der Waals surface area contributed by atoms with Crippen LogP contribution in [-0.2, 0) is 6.42 Å². The smallest absolute Gasteiger partial charge is 0.0343 e. The van der Waals surface area contributed by atoms with Gasteiger partial charge in [0.2, 0.25) is 0 Å². The Bertz CT molecular complexity index is 342. The molecule has 0 saturated heterocycles. The molecule has 1 atom stereocenters. The predicted molar refractivity (Wildman–Crippen MR) is 54.1 cm³/mol. The van der Waals surface area contributed by atoms with E-state index in [0.29, 0.717) is 12.5 Å². The molecule has 0 saturated carbocycles. The second-order valence-electron chi connectivity index (χ2n) is 3.60. The second kappa shape index (κ2) is 3.30. The molecule has 1 aromatic rings. The van der Waals surface area contributed by atoms with E-state index in [9.17, 15) is 0 Å². The Morgan fingerprint density at radius 1 is 1.62 bits per heavy atom. The number of rotatable bonds is 1. The highest BCUT2D eigenvalue weighted by Gasteiger charge is 2.15. The molecule has 1 aliphatic rings. The molecule has 2 N–H and O–H groups in total. The van der Waals surface area contributed by atoms with Crippen LogP contribution in [0.25, 0.3) is 6.08 Å². The van der Waals surface area contributed by atoms with E-state index in [1.54, 1.807) is 0 Å². The van der Waals surface area contributed by atoms with Crippen LogP contribution in [0.15, 0.2) is 24.0 Å². The molecule has 1 aliphatic carbocycles. The summed E-state index contributed by atoms with van der Waals surface area (Å²) in [5.74, 6) is 0.583. The fourth-order valence-electron chi connectivity index (χ4n) is 1.81. The van der Waals surface area contributed by atoms with Gasteiger partial charge >= 0.3 is 0 Å². The number of fused-ring (bicyclic) bond motifs is 1. The van der Waals surface area contributed by atoms with Crippen LogP contribution >= 0.6 is 0 Å². The molecule has 1 aromatic heterocycles. The molecule has 0 aromatic carbocycles. The summed E-state index contributed by atoms with van der Waals surface area (Å²) in [5, 5.41) is 0. The highest BCUT2D eigenvalue weighted by molar-refractivity contribution is 5.59. The molecule has 13 heavy (non-hydrogen) atoms. The highest BCUT2D eigenvalue weighted by atomic mass is 14.6. The van der Waals surface area contributed by atoms with Gasteiger partial charge in [0, 0.05) is 18.9 Å². The molecule has 68 valence electrons. The van der Waals surface area contributed by atoms with Crippen LogP contribution in [0, 0.1) is 5.92 Å². The van der Waals surface area contributed by atoms with Crippen molar-refractivity contribution in [2.75, 3.05) is 6.54 Å². The summed E-state index contributed by atoms with van der Waals surface area (Å²) in [6.45, 7) is 2.89. The van der Waals surface area contributed by atoms with E-state index in [4.69, 9.17) is 5.73 Å². The maximum Gasteiger partial charge on any atom is 0.0343 e. The predicted octanol–water partition coefficient (Wildman–Crippen LogP) is 1.62. The Balaban J connectivity index is 2.44. The quantitative estimate of drug-likeness (QED) is 0.702. The summed E-state index contributed by atoms with van der Waals surface area (Å²) in [6.07, 6.45) is 7.04. The van der Waals surface area contributed by atoms with Gasteiger partial charge in [-0.3, -0.25) is 4.98 Å². The second-order valence-corrected chi connectivity index (χ2v) is 3.60. The van der Waals surface area contributed by atoms with Crippen LogP contribution in [0.3, 0.4) is 0 Å². The van der Waals surface area contributed by atoms with Crippen molar-refractivity contribution in [2.45, 2.75) is 13.3 Å². The summed E-state index contributed by atoms with van der Waals surface area (Å²) in [6, 6.07) is 2.09. The Hall–Kier alpha value is -1.15. The fraction of sp³-hybridized carbons (Fsp3) is 0.364. The van der Waals surface area contributed by atoms with Gasteiger partial charge in [-0.1, -0.05) is 18.6 Å². The van der Waals surface area contributed by atoms with Gasteiger partial charge in [0.1, 0.15) is 0 Å². The van der Waals surface area contributed by atoms with Gasteiger partial charge in [0.15, 0.2) is 0 Å². The van der Waals surface area contributed by atoms with Gasteiger partial charge in [-0.2, -0.15) is 0 Å². The lowest BCUT2D eigenvalue weighted by atomic mass is 9.85. The van der Waals surface area contributed by atoms with Crippen molar-refractivity contribution in [3.8, 4) is 0 Å². The van der Waals surface area contributed by atoms with Crippen LogP contribution < -0.4 is 5.73 Å². The molecule has 0 radical (unpaired) electrons. The zero-order chi connectivity index (χ0) is 9.26. The molecule has 0 amide bonds. The van der Waals surface area contributed by atoms with Crippen molar-refractivity contribution in [1.82, 2.24) is 4.98 Å². The van der Waals surface area contributed by atoms with Crippen LogP contribution in [0.4, 0.5) is 0 Å². The largest absolute Gasteiger partial charge is 0.327 e. The van der Waals surface area contributed by atoms with Crippen LogP contribution in [0.1, 0.15) is 18.1 Å². The van der Waals surface area contributed by atoms with Gasteiger partial charge in [-0.15, -0.1) is 0 Å². The molecule has 0 aliphatic heterocycles. The molecular formula is C11H14N2. The van der Waals surface area contributed by atoms with Crippen molar-refractivity contribution in [1.29, 1.82) is 0 Å². The van der Waals surface area contributed by atoms with E-state index in [-0.39, 0.29) is 0 Å². The lowest BCUT2D eigenvalue weighted by Gasteiger charge is -2.21. The number of nitrogens with two attached hydrogens (primary N) is 1. The fourth-order valence-corrected chi connectivity index (χ4v) is 1.81. The van der Waals surface area contributed by atoms with E-state index < -0.39 is 0 Å². The van der Waals surface area contributed by atoms with Crippen LogP contribution in [0.5, 0.6) is 0 Å². The maximum atomic E-state index is 5.66. The van der Waals surface area contributed by atoms with Crippen molar-refractivity contribution in [3.05, 3.63) is 35.2 Å². The molecule has 1 heterocycles. The average molecular weight is 174 g/mol. The van der Waals surface area contributed by atoms with Gasteiger partial charge in [0.25, 0.3) is 0 Å². The van der Waals surface area contributed by atoms with Crippen molar-refractivity contribution in [3.63, 3.8) is 0 Å². The van der Waals surface area contributed by atoms with E-state index in [1.165, 1.54) is 16.7 Å². The number of hydrogen-bond donors (Lipinski definition) is 1. The first kappa shape index (κ1) is 8.45. The summed E-state index contributed by atoms with van der Waals surface area (Å²) < 4.78 is 0. The van der Waals surface area contributed by atoms with E-state index in [2.05, 4.69) is 24.1 Å². The highest BCUT2D eigenvalue weighted by Crippen LogP contribution is 2.26. The van der Waals surface area contributed by atoms with Gasteiger partial charge < -0.3 is 5.73 Å². The number of pyridine rings is 1. The van der Waals surface area contributed by atoms with Crippen molar-refractivity contribution >= 4 is 6.08 Å². The van der Waals surface area contributed by atoms with E-state index >= 15 is 0 Å². The minimum Gasteiger partial charge on any atom is -0.327 e. The Labute approximate surface area is 78.5 Å². The minimum atomic E-state index is 0.583. The lowest BCUT2D eigenvalue weighted by Crippen LogP contribution is -2.16. The molecule has 2 rings (SSSR count). The Morgan fingerprint density at radius 3 is 3.23 bits per heavy atom. The molecule has 0 fully saturated rings. The number of hydrogen-bond acceptors (Lipinski definition) is 2. The summed E-state index contributed by atoms with van der Waals surface area (Å²) >= 11 is 0. The Morgan fingerprint density at radius 2 is 2.46 bits per heavy atom. The minimum absolute atomic E-state index is 0.583. The van der Waals surface area contributed by atoms with Gasteiger partial charge in [-0.25, -0.2) is 0 Å². The first-order chi connectivity index (χ1) is 6.31. The third-order valence-corrected chi connectivity index (χ3v) is 2.68. The van der Waals surface area contributed by atoms with Crippen molar-refractivity contribution < 1.29 is 0 Å². The molecule has 2 nitrogen and oxygen atoms in total. The van der Waals surface area contributed by atoms with Gasteiger partial charge in [-0.05, 0) is 29.5 Å². The topological polar surface area (TPSA) is 38.9 Å². The standard InChI is InChI=1S/C11H14N2/c1-8-4-9-2-3-13-7-11(9)5-10(8)6-12/h2-3,5,7-8H,4,6,12H2,1H3. The summed E-state index contributed by atoms with van der Waals surface area (Å²) in [7, 11) is 0. The molecule has 1 unspecified atom stereocenters.